The summed E-state index contributed by atoms with van der Waals surface area (Å²) in [6.45, 7) is 8.35. The second-order valence-corrected chi connectivity index (χ2v) is 19.7. The molecule has 0 saturated heterocycles. The first kappa shape index (κ1) is 57.9. The number of nitrogens with one attached hydrogen (secondary N) is 1. The summed E-state index contributed by atoms with van der Waals surface area (Å²) in [6.07, 6.45) is 33.0. The molecule has 0 spiro atoms. The van der Waals surface area contributed by atoms with Crippen LogP contribution in [0.25, 0.3) is 21.9 Å². The maximum atomic E-state index is 13.1. The Hall–Kier alpha value is -3.42. The molecule has 0 fully saturated rings. The molecular weight excluding hydrogens is 861 g/mol. The van der Waals surface area contributed by atoms with Gasteiger partial charge in [-0.1, -0.05) is 186 Å². The number of aromatic nitrogens is 3. The third-order valence-corrected chi connectivity index (χ3v) is 13.8. The van der Waals surface area contributed by atoms with Crippen LogP contribution in [0.3, 0.4) is 0 Å². The lowest BCUT2D eigenvalue weighted by molar-refractivity contribution is -0.157. The van der Waals surface area contributed by atoms with Gasteiger partial charge >= 0.3 is 11.9 Å². The summed E-state index contributed by atoms with van der Waals surface area (Å²) in [5, 5.41) is 3.95. The fourth-order valence-electron chi connectivity index (χ4n) is 8.62. The quantitative estimate of drug-likeness (QED) is 0.0364. The van der Waals surface area contributed by atoms with E-state index in [1.807, 2.05) is 31.2 Å². The third kappa shape index (κ3) is 25.1. The number of unbranched alkanes of at least 4 members (excludes halogenated alkanes) is 24. The number of pyridine rings is 1. The van der Waals surface area contributed by atoms with Gasteiger partial charge in [0.1, 0.15) is 30.7 Å². The number of carbonyl (C=O) groups excluding carboxylic acids is 3. The van der Waals surface area contributed by atoms with Crippen molar-refractivity contribution in [2.45, 2.75) is 232 Å². The number of ether oxygens (including phenoxy) is 3. The van der Waals surface area contributed by atoms with E-state index in [2.05, 4.69) is 28.7 Å². The van der Waals surface area contributed by atoms with E-state index in [1.54, 1.807) is 0 Å². The molecule has 3 aromatic rings. The zero-order chi connectivity index (χ0) is 48.2. The Labute approximate surface area is 409 Å². The number of fused-ring (bicyclic) bond motifs is 3. The number of para-hydroxylation sites is 1. The van der Waals surface area contributed by atoms with Gasteiger partial charge in [-0.05, 0) is 32.3 Å². The predicted molar refractivity (Wildman–Crippen MR) is 279 cm³/mol. The summed E-state index contributed by atoms with van der Waals surface area (Å²) in [6, 6.07) is 7.10. The van der Waals surface area contributed by atoms with Crippen molar-refractivity contribution in [1.29, 1.82) is 0 Å². The van der Waals surface area contributed by atoms with Crippen molar-refractivity contribution in [2.75, 3.05) is 37.0 Å². The Balaban J connectivity index is 1.40. The standard InChI is InChI=1S/C54H92N6O6S/c1-4-7-9-11-13-15-17-19-21-23-25-27-29-36-49(61)65-40-44(66-50(62)37-30-28-26-24-22-20-18-16-14-12-10-8-5-2)42-67-43-46(55)54(63)57-38-33-39-60-48(41-64-6-3)59-51-52(60)45-34-31-32-35-47(45)58-53(51)56/h31-32,34-35,44,46H,4-30,33,36-43,55H2,1-3H3,(H2,56,58)(H,57,63)/t44?,46-/m0/s1. The smallest absolute Gasteiger partial charge is 0.306 e. The van der Waals surface area contributed by atoms with E-state index in [0.717, 1.165) is 60.8 Å². The number of anilines is 1. The molecule has 0 aliphatic heterocycles. The van der Waals surface area contributed by atoms with Crippen LogP contribution in [0.1, 0.15) is 213 Å². The molecule has 0 aliphatic rings. The van der Waals surface area contributed by atoms with Crippen LogP contribution in [0.4, 0.5) is 5.82 Å². The number of nitrogens with two attached hydrogens (primary N) is 2. The van der Waals surface area contributed by atoms with E-state index in [4.69, 9.17) is 30.7 Å². The Morgan fingerprint density at radius 1 is 0.672 bits per heavy atom. The lowest BCUT2D eigenvalue weighted by Gasteiger charge is -2.19. The number of hydrogen-bond donors (Lipinski definition) is 3. The topological polar surface area (TPSA) is 174 Å². The number of hydrogen-bond acceptors (Lipinski definition) is 11. The van der Waals surface area contributed by atoms with Gasteiger partial charge in [-0.15, -0.1) is 0 Å². The highest BCUT2D eigenvalue weighted by Crippen LogP contribution is 2.29. The Morgan fingerprint density at radius 2 is 1.19 bits per heavy atom. The van der Waals surface area contributed by atoms with Crippen molar-refractivity contribution in [2.24, 2.45) is 5.73 Å². The van der Waals surface area contributed by atoms with Crippen LogP contribution in [0.2, 0.25) is 0 Å². The molecular formula is C54H92N6O6S. The minimum absolute atomic E-state index is 0.00126. The van der Waals surface area contributed by atoms with Crippen LogP contribution < -0.4 is 16.8 Å². The van der Waals surface area contributed by atoms with E-state index in [1.165, 1.54) is 140 Å². The molecule has 2 aromatic heterocycles. The minimum atomic E-state index is -0.761. The minimum Gasteiger partial charge on any atom is -0.462 e. The number of benzene rings is 1. The summed E-state index contributed by atoms with van der Waals surface area (Å²) in [4.78, 5) is 48.2. The molecule has 0 aliphatic carbocycles. The highest BCUT2D eigenvalue weighted by molar-refractivity contribution is 7.99. The lowest BCUT2D eigenvalue weighted by Crippen LogP contribution is -2.43. The van der Waals surface area contributed by atoms with Crippen molar-refractivity contribution in [1.82, 2.24) is 19.9 Å². The average molecular weight is 953 g/mol. The first-order valence-electron chi connectivity index (χ1n) is 26.9. The maximum absolute atomic E-state index is 13.1. The molecule has 380 valence electrons. The second-order valence-electron chi connectivity index (χ2n) is 18.6. The van der Waals surface area contributed by atoms with Gasteiger partial charge in [-0.25, -0.2) is 9.97 Å². The fraction of sp³-hybridized carbons (Fsp3) is 0.759. The summed E-state index contributed by atoms with van der Waals surface area (Å²) in [5.41, 5.74) is 15.0. The SMILES string of the molecule is CCCCCCCCCCCCCCCC(=O)OCC(CSC[C@H](N)C(=O)NCCCn1c(COCC)nc2c(N)nc3ccccc3c21)OC(=O)CCCCCCCCCCCCCCC. The number of nitrogens with zero attached hydrogens (tertiary/aromatic N) is 3. The molecule has 12 nitrogen and oxygen atoms in total. The molecule has 0 saturated carbocycles. The van der Waals surface area contributed by atoms with Crippen LogP contribution in [0.15, 0.2) is 24.3 Å². The predicted octanol–water partition coefficient (Wildman–Crippen LogP) is 12.7. The van der Waals surface area contributed by atoms with E-state index in [0.29, 0.717) is 68.4 Å². The van der Waals surface area contributed by atoms with Gasteiger partial charge in [-0.2, -0.15) is 11.8 Å². The van der Waals surface area contributed by atoms with Crippen LogP contribution in [-0.2, 0) is 41.7 Å². The first-order chi connectivity index (χ1) is 32.8. The van der Waals surface area contributed by atoms with Gasteiger partial charge in [-0.3, -0.25) is 14.4 Å². The average Bonchev–Trinajstić information content (AvgIpc) is 3.70. The number of rotatable bonds is 43. The van der Waals surface area contributed by atoms with Gasteiger partial charge in [0.2, 0.25) is 5.91 Å². The van der Waals surface area contributed by atoms with Gasteiger partial charge in [0.25, 0.3) is 0 Å². The molecule has 2 heterocycles. The zero-order valence-electron chi connectivity index (χ0n) is 42.3. The summed E-state index contributed by atoms with van der Waals surface area (Å²) < 4.78 is 19.4. The summed E-state index contributed by atoms with van der Waals surface area (Å²) in [7, 11) is 0. The normalized spacial score (nSPS) is 12.5. The molecule has 1 aromatic carbocycles. The Kier molecular flexibility index (Phi) is 32.4. The van der Waals surface area contributed by atoms with Crippen LogP contribution in [-0.4, -0.2) is 75.8 Å². The number of imidazole rings is 1. The second kappa shape index (κ2) is 37.5. The van der Waals surface area contributed by atoms with Crippen molar-refractivity contribution >= 4 is 57.4 Å². The van der Waals surface area contributed by atoms with Gasteiger partial charge < -0.3 is 35.6 Å². The molecule has 1 amide bonds. The Bertz CT molecular complexity index is 1770. The summed E-state index contributed by atoms with van der Waals surface area (Å²) in [5.74, 6) is 1.04. The number of nitrogen functional groups attached to an aromatic ring is 1. The van der Waals surface area contributed by atoms with Crippen LogP contribution in [0, 0.1) is 0 Å². The highest BCUT2D eigenvalue weighted by atomic mass is 32.2. The fourth-order valence-corrected chi connectivity index (χ4v) is 9.59. The van der Waals surface area contributed by atoms with Crippen molar-refractivity contribution in [3.63, 3.8) is 0 Å². The number of carbonyl (C=O) groups is 3. The van der Waals surface area contributed by atoms with E-state index in [-0.39, 0.29) is 24.5 Å². The van der Waals surface area contributed by atoms with E-state index < -0.39 is 12.1 Å². The molecule has 5 N–H and O–H groups in total. The van der Waals surface area contributed by atoms with Gasteiger partial charge in [0, 0.05) is 49.4 Å². The van der Waals surface area contributed by atoms with Crippen molar-refractivity contribution in [3.8, 4) is 0 Å². The molecule has 0 radical (unpaired) electrons. The van der Waals surface area contributed by atoms with Crippen molar-refractivity contribution < 1.29 is 28.6 Å². The van der Waals surface area contributed by atoms with Gasteiger partial charge in [0.15, 0.2) is 5.82 Å². The molecule has 3 rings (SSSR count). The number of amides is 1. The summed E-state index contributed by atoms with van der Waals surface area (Å²) >= 11 is 1.43. The molecule has 2 atom stereocenters. The lowest BCUT2D eigenvalue weighted by atomic mass is 10.0. The third-order valence-electron chi connectivity index (χ3n) is 12.6. The Morgan fingerprint density at radius 3 is 1.75 bits per heavy atom. The molecule has 67 heavy (non-hydrogen) atoms. The molecule has 1 unspecified atom stereocenters. The number of aryl methyl sites for hydroxylation is 1. The monoisotopic (exact) mass is 953 g/mol. The highest BCUT2D eigenvalue weighted by Gasteiger charge is 2.21. The zero-order valence-corrected chi connectivity index (χ0v) is 43.1. The van der Waals surface area contributed by atoms with E-state index >= 15 is 0 Å². The molecule has 0 bridgehead atoms. The first-order valence-corrected chi connectivity index (χ1v) is 28.0. The largest absolute Gasteiger partial charge is 0.462 e. The number of esters is 2. The van der Waals surface area contributed by atoms with E-state index in [9.17, 15) is 14.4 Å². The van der Waals surface area contributed by atoms with Crippen LogP contribution >= 0.6 is 11.8 Å². The number of thioether (sulfide) groups is 1. The van der Waals surface area contributed by atoms with Crippen molar-refractivity contribution in [3.05, 3.63) is 30.1 Å². The van der Waals surface area contributed by atoms with Crippen LogP contribution in [0.5, 0.6) is 0 Å². The van der Waals surface area contributed by atoms with Gasteiger partial charge in [0.05, 0.1) is 17.1 Å². The molecule has 13 heteroatoms. The maximum Gasteiger partial charge on any atom is 0.306 e.